The van der Waals surface area contributed by atoms with E-state index in [1.165, 1.54) is 0 Å². The highest BCUT2D eigenvalue weighted by Crippen LogP contribution is 2.29. The van der Waals surface area contributed by atoms with Crippen molar-refractivity contribution in [1.29, 1.82) is 0 Å². The number of hydrogen-bond acceptors (Lipinski definition) is 3. The predicted molar refractivity (Wildman–Crippen MR) is 89.3 cm³/mol. The van der Waals surface area contributed by atoms with Crippen LogP contribution in [0.4, 0.5) is 0 Å². The van der Waals surface area contributed by atoms with E-state index in [-0.39, 0.29) is 18.4 Å². The van der Waals surface area contributed by atoms with Gasteiger partial charge >= 0.3 is 0 Å². The zero-order valence-corrected chi connectivity index (χ0v) is 14.3. The van der Waals surface area contributed by atoms with Crippen LogP contribution in [-0.4, -0.2) is 35.1 Å². The number of carbonyl (C=O) groups is 1. The maximum atomic E-state index is 12.1. The van der Waals surface area contributed by atoms with E-state index in [4.69, 9.17) is 39.5 Å². The number of carbonyl (C=O) groups excluding carboxylic acids is 1. The third-order valence-electron chi connectivity index (χ3n) is 3.41. The SMILES string of the molecule is O=C(Cc1ccccc1)NC(NCC1CCCO1)C(Cl)(Cl)Cl. The van der Waals surface area contributed by atoms with Gasteiger partial charge < -0.3 is 10.1 Å². The smallest absolute Gasteiger partial charge is 0.225 e. The summed E-state index contributed by atoms with van der Waals surface area (Å²) in [6.07, 6.45) is 1.57. The third kappa shape index (κ3) is 5.94. The van der Waals surface area contributed by atoms with Crippen molar-refractivity contribution in [2.24, 2.45) is 0 Å². The maximum Gasteiger partial charge on any atom is 0.225 e. The van der Waals surface area contributed by atoms with Crippen molar-refractivity contribution in [2.75, 3.05) is 13.2 Å². The topological polar surface area (TPSA) is 50.4 Å². The number of benzene rings is 1. The molecular weight excluding hydrogens is 347 g/mol. The minimum absolute atomic E-state index is 0.0980. The van der Waals surface area contributed by atoms with Gasteiger partial charge in [-0.2, -0.15) is 0 Å². The summed E-state index contributed by atoms with van der Waals surface area (Å²) in [4.78, 5) is 12.1. The van der Waals surface area contributed by atoms with E-state index in [0.29, 0.717) is 6.54 Å². The number of alkyl halides is 3. The number of ether oxygens (including phenoxy) is 1. The Bertz CT molecular complexity index is 473. The molecule has 0 spiro atoms. The first-order chi connectivity index (χ1) is 10.4. The van der Waals surface area contributed by atoms with Crippen LogP contribution in [0.5, 0.6) is 0 Å². The molecule has 1 aromatic rings. The number of nitrogens with one attached hydrogen (secondary N) is 2. The van der Waals surface area contributed by atoms with E-state index >= 15 is 0 Å². The molecule has 2 N–H and O–H groups in total. The van der Waals surface area contributed by atoms with Crippen molar-refractivity contribution in [3.63, 3.8) is 0 Å². The van der Waals surface area contributed by atoms with E-state index in [1.807, 2.05) is 30.3 Å². The van der Waals surface area contributed by atoms with Crippen LogP contribution in [0.3, 0.4) is 0 Å². The Morgan fingerprint density at radius 1 is 1.32 bits per heavy atom. The van der Waals surface area contributed by atoms with Gasteiger partial charge in [-0.15, -0.1) is 0 Å². The summed E-state index contributed by atoms with van der Waals surface area (Å²) in [7, 11) is 0. The number of hydrogen-bond donors (Lipinski definition) is 2. The zero-order chi connectivity index (χ0) is 16.0. The molecule has 0 saturated carbocycles. The van der Waals surface area contributed by atoms with Crippen molar-refractivity contribution in [3.05, 3.63) is 35.9 Å². The number of rotatable bonds is 6. The largest absolute Gasteiger partial charge is 0.377 e. The molecule has 1 amide bonds. The van der Waals surface area contributed by atoms with E-state index < -0.39 is 9.96 Å². The number of halogens is 3. The summed E-state index contributed by atoms with van der Waals surface area (Å²) in [5.41, 5.74) is 0.905. The van der Waals surface area contributed by atoms with Gasteiger partial charge in [-0.05, 0) is 18.4 Å². The number of amides is 1. The summed E-state index contributed by atoms with van der Waals surface area (Å²) < 4.78 is 3.88. The molecule has 7 heteroatoms. The molecule has 1 saturated heterocycles. The highest BCUT2D eigenvalue weighted by Gasteiger charge is 2.34. The Hall–Kier alpha value is -0.520. The lowest BCUT2D eigenvalue weighted by atomic mass is 10.1. The lowest BCUT2D eigenvalue weighted by Gasteiger charge is -2.27. The van der Waals surface area contributed by atoms with Crippen molar-refractivity contribution in [2.45, 2.75) is 35.3 Å². The highest BCUT2D eigenvalue weighted by molar-refractivity contribution is 6.68. The van der Waals surface area contributed by atoms with Crippen LogP contribution in [0.25, 0.3) is 0 Å². The molecule has 1 heterocycles. The van der Waals surface area contributed by atoms with Crippen LogP contribution in [0, 0.1) is 0 Å². The van der Waals surface area contributed by atoms with E-state index in [1.54, 1.807) is 0 Å². The highest BCUT2D eigenvalue weighted by atomic mass is 35.6. The molecule has 1 aliphatic rings. The minimum atomic E-state index is -1.63. The van der Waals surface area contributed by atoms with Gasteiger partial charge in [0.2, 0.25) is 9.70 Å². The van der Waals surface area contributed by atoms with Crippen LogP contribution in [-0.2, 0) is 16.0 Å². The lowest BCUT2D eigenvalue weighted by molar-refractivity contribution is -0.121. The molecule has 2 unspecified atom stereocenters. The summed E-state index contributed by atoms with van der Waals surface area (Å²) in [6, 6.07) is 9.41. The van der Waals surface area contributed by atoms with Crippen LogP contribution in [0.1, 0.15) is 18.4 Å². The molecule has 0 aromatic heterocycles. The average molecular weight is 366 g/mol. The fourth-order valence-electron chi connectivity index (χ4n) is 2.30. The Morgan fingerprint density at radius 3 is 2.64 bits per heavy atom. The Kier molecular flexibility index (Phi) is 6.78. The molecule has 2 atom stereocenters. The zero-order valence-electron chi connectivity index (χ0n) is 12.0. The van der Waals surface area contributed by atoms with Crippen molar-refractivity contribution in [1.82, 2.24) is 10.6 Å². The molecule has 0 bridgehead atoms. The van der Waals surface area contributed by atoms with Gasteiger partial charge in [0.25, 0.3) is 0 Å². The predicted octanol–water partition coefficient (Wildman–Crippen LogP) is 2.81. The Balaban J connectivity index is 1.87. The minimum Gasteiger partial charge on any atom is -0.377 e. The van der Waals surface area contributed by atoms with Crippen LogP contribution in [0.2, 0.25) is 0 Å². The fourth-order valence-corrected chi connectivity index (χ4v) is 2.69. The monoisotopic (exact) mass is 364 g/mol. The van der Waals surface area contributed by atoms with Gasteiger partial charge in [-0.3, -0.25) is 10.1 Å². The molecular formula is C15H19Cl3N2O2. The fraction of sp³-hybridized carbons (Fsp3) is 0.533. The first-order valence-electron chi connectivity index (χ1n) is 7.20. The molecule has 22 heavy (non-hydrogen) atoms. The van der Waals surface area contributed by atoms with E-state index in [0.717, 1.165) is 25.0 Å². The quantitative estimate of drug-likeness (QED) is 0.602. The van der Waals surface area contributed by atoms with Gasteiger partial charge in [0.15, 0.2) is 0 Å². The summed E-state index contributed by atoms with van der Waals surface area (Å²) >= 11 is 17.8. The van der Waals surface area contributed by atoms with Gasteiger partial charge in [0.1, 0.15) is 6.17 Å². The first kappa shape index (κ1) is 17.8. The van der Waals surface area contributed by atoms with Crippen LogP contribution < -0.4 is 10.6 Å². The molecule has 1 fully saturated rings. The van der Waals surface area contributed by atoms with Crippen molar-refractivity contribution < 1.29 is 9.53 Å². The van der Waals surface area contributed by atoms with Crippen LogP contribution in [0.15, 0.2) is 30.3 Å². The Morgan fingerprint density at radius 2 is 2.05 bits per heavy atom. The molecule has 0 aliphatic carbocycles. The molecule has 1 aromatic carbocycles. The van der Waals surface area contributed by atoms with Gasteiger partial charge in [0.05, 0.1) is 12.5 Å². The second kappa shape index (κ2) is 8.37. The van der Waals surface area contributed by atoms with Gasteiger partial charge in [-0.25, -0.2) is 0 Å². The molecule has 122 valence electrons. The van der Waals surface area contributed by atoms with Gasteiger partial charge in [-0.1, -0.05) is 65.1 Å². The molecule has 2 rings (SSSR count). The molecule has 1 aliphatic heterocycles. The second-order valence-corrected chi connectivity index (χ2v) is 7.62. The first-order valence-corrected chi connectivity index (χ1v) is 8.33. The van der Waals surface area contributed by atoms with E-state index in [2.05, 4.69) is 10.6 Å². The Labute approximate surface area is 145 Å². The normalized spacial score (nSPS) is 19.9. The molecule has 4 nitrogen and oxygen atoms in total. The van der Waals surface area contributed by atoms with E-state index in [9.17, 15) is 4.79 Å². The van der Waals surface area contributed by atoms with Crippen molar-refractivity contribution >= 4 is 40.7 Å². The van der Waals surface area contributed by atoms with Crippen LogP contribution >= 0.6 is 34.8 Å². The second-order valence-electron chi connectivity index (χ2n) is 5.25. The lowest BCUT2D eigenvalue weighted by Crippen LogP contribution is -2.55. The standard InChI is InChI=1S/C15H19Cl3N2O2/c16-15(17,18)14(19-10-12-7-4-8-22-12)20-13(21)9-11-5-2-1-3-6-11/h1-3,5-6,12,14,19H,4,7-10H2,(H,20,21). The summed E-state index contributed by atoms with van der Waals surface area (Å²) in [5.74, 6) is -0.206. The summed E-state index contributed by atoms with van der Waals surface area (Å²) in [5, 5.41) is 5.79. The van der Waals surface area contributed by atoms with Gasteiger partial charge in [0, 0.05) is 13.2 Å². The van der Waals surface area contributed by atoms with Crippen molar-refractivity contribution in [3.8, 4) is 0 Å². The molecule has 0 radical (unpaired) electrons. The third-order valence-corrected chi connectivity index (χ3v) is 4.07. The average Bonchev–Trinajstić information content (AvgIpc) is 2.96. The maximum absolute atomic E-state index is 12.1. The summed E-state index contributed by atoms with van der Waals surface area (Å²) in [6.45, 7) is 1.29.